The molecule has 2 aromatic rings. The topological polar surface area (TPSA) is 41.5 Å². The van der Waals surface area contributed by atoms with Crippen LogP contribution in [0, 0.1) is 0 Å². The molecule has 1 aliphatic rings. The summed E-state index contributed by atoms with van der Waals surface area (Å²) in [6, 6.07) is 12.9. The quantitative estimate of drug-likeness (QED) is 0.598. The lowest BCUT2D eigenvalue weighted by Crippen LogP contribution is -2.19. The second kappa shape index (κ2) is 8.24. The highest BCUT2D eigenvalue weighted by Gasteiger charge is 2.34. The van der Waals surface area contributed by atoms with Crippen LogP contribution in [0.25, 0.3) is 6.08 Å². The number of aliphatic imine (C=N–C) groups is 1. The van der Waals surface area contributed by atoms with Crippen LogP contribution >= 0.6 is 23.4 Å². The molecule has 1 aliphatic heterocycles. The summed E-state index contributed by atoms with van der Waals surface area (Å²) in [5.41, 5.74) is 0.537. The van der Waals surface area contributed by atoms with Crippen molar-refractivity contribution in [2.75, 3.05) is 0 Å². The molecule has 8 heteroatoms. The average Bonchev–Trinajstić information content (AvgIpc) is 2.95. The molecule has 1 fully saturated rings. The van der Waals surface area contributed by atoms with Crippen LogP contribution in [0.15, 0.2) is 70.1 Å². The second-order valence-corrected chi connectivity index (χ2v) is 7.41. The Balaban J connectivity index is 1.86. The highest BCUT2D eigenvalue weighted by molar-refractivity contribution is 8.18. The van der Waals surface area contributed by atoms with Crippen molar-refractivity contribution in [3.05, 3.63) is 81.2 Å². The fraction of sp³-hybridized carbons (Fsp3) is 0.100. The first-order valence-electron chi connectivity index (χ1n) is 8.12. The van der Waals surface area contributed by atoms with Crippen molar-refractivity contribution in [1.29, 1.82) is 0 Å². The number of hydrogen-bond acceptors (Lipinski definition) is 3. The fourth-order valence-electron chi connectivity index (χ4n) is 2.48. The van der Waals surface area contributed by atoms with Gasteiger partial charge in [-0.1, -0.05) is 48.0 Å². The highest BCUT2D eigenvalue weighted by Crippen LogP contribution is 2.39. The van der Waals surface area contributed by atoms with E-state index in [2.05, 4.69) is 10.3 Å². The minimum absolute atomic E-state index is 0.0401. The molecule has 0 bridgehead atoms. The van der Waals surface area contributed by atoms with E-state index >= 15 is 0 Å². The molecular weight excluding hydrogens is 409 g/mol. The number of hydrogen-bond donors (Lipinski definition) is 1. The number of benzene rings is 2. The summed E-state index contributed by atoms with van der Waals surface area (Å²) in [6.45, 7) is 1.84. The van der Waals surface area contributed by atoms with Crippen LogP contribution in [-0.2, 0) is 11.0 Å². The van der Waals surface area contributed by atoms with E-state index in [0.29, 0.717) is 4.91 Å². The van der Waals surface area contributed by atoms with Gasteiger partial charge < -0.3 is 5.32 Å². The molecule has 1 saturated heterocycles. The lowest BCUT2D eigenvalue weighted by molar-refractivity contribution is -0.137. The summed E-state index contributed by atoms with van der Waals surface area (Å²) in [4.78, 5) is 16.5. The van der Waals surface area contributed by atoms with Crippen LogP contribution in [0.5, 0.6) is 0 Å². The molecule has 3 nitrogen and oxygen atoms in total. The zero-order valence-corrected chi connectivity index (χ0v) is 16.1. The van der Waals surface area contributed by atoms with Crippen LogP contribution in [0.2, 0.25) is 5.02 Å². The van der Waals surface area contributed by atoms with E-state index in [1.807, 2.05) is 43.3 Å². The van der Waals surface area contributed by atoms with Gasteiger partial charge >= 0.3 is 6.18 Å². The maximum absolute atomic E-state index is 13.2. The van der Waals surface area contributed by atoms with Gasteiger partial charge in [0.2, 0.25) is 0 Å². The molecule has 2 aromatic carbocycles. The minimum atomic E-state index is -4.61. The maximum Gasteiger partial charge on any atom is 0.418 e. The number of rotatable bonds is 3. The second-order valence-electron chi connectivity index (χ2n) is 5.94. The van der Waals surface area contributed by atoms with E-state index in [-0.39, 0.29) is 15.9 Å². The van der Waals surface area contributed by atoms with Gasteiger partial charge in [0.15, 0.2) is 5.17 Å². The van der Waals surface area contributed by atoms with Crippen molar-refractivity contribution < 1.29 is 18.0 Å². The van der Waals surface area contributed by atoms with Crippen LogP contribution in [0.3, 0.4) is 0 Å². The molecule has 3 rings (SSSR count). The number of alkyl halides is 3. The first-order chi connectivity index (χ1) is 13.2. The monoisotopic (exact) mass is 422 g/mol. The molecule has 0 unspecified atom stereocenters. The van der Waals surface area contributed by atoms with Crippen molar-refractivity contribution in [2.45, 2.75) is 13.1 Å². The smallest absolute Gasteiger partial charge is 0.300 e. The molecule has 0 radical (unpaired) electrons. The molecular formula is C20H14ClF3N2OS. The van der Waals surface area contributed by atoms with Crippen LogP contribution in [0.4, 0.5) is 18.9 Å². The van der Waals surface area contributed by atoms with Crippen molar-refractivity contribution in [2.24, 2.45) is 4.99 Å². The number of amides is 1. The SMILES string of the molecule is CC(=C\c1ccccc1)/C=C1/SC(=Nc2ccc(Cl)cc2C(F)(F)F)NC1=O. The lowest BCUT2D eigenvalue weighted by Gasteiger charge is -2.10. The van der Waals surface area contributed by atoms with E-state index in [4.69, 9.17) is 11.6 Å². The van der Waals surface area contributed by atoms with E-state index in [9.17, 15) is 18.0 Å². The zero-order valence-electron chi connectivity index (χ0n) is 14.5. The third-order valence-electron chi connectivity index (χ3n) is 3.69. The maximum atomic E-state index is 13.2. The molecule has 0 atom stereocenters. The van der Waals surface area contributed by atoms with Gasteiger partial charge in [-0.25, -0.2) is 4.99 Å². The van der Waals surface area contributed by atoms with E-state index in [0.717, 1.165) is 29.0 Å². The Morgan fingerprint density at radius 1 is 1.18 bits per heavy atom. The fourth-order valence-corrected chi connectivity index (χ4v) is 3.54. The normalized spacial score (nSPS) is 18.0. The predicted molar refractivity (Wildman–Crippen MR) is 107 cm³/mol. The average molecular weight is 423 g/mol. The van der Waals surface area contributed by atoms with Crippen LogP contribution in [-0.4, -0.2) is 11.1 Å². The number of carbonyl (C=O) groups excluding carboxylic acids is 1. The van der Waals surface area contributed by atoms with Gasteiger partial charge in [0.05, 0.1) is 16.2 Å². The molecule has 0 saturated carbocycles. The zero-order chi connectivity index (χ0) is 20.3. The predicted octanol–water partition coefficient (Wildman–Crippen LogP) is 6.20. The minimum Gasteiger partial charge on any atom is -0.300 e. The Morgan fingerprint density at radius 2 is 1.89 bits per heavy atom. The van der Waals surface area contributed by atoms with Crippen molar-refractivity contribution in [3.8, 4) is 0 Å². The Kier molecular flexibility index (Phi) is 5.96. The number of nitrogens with one attached hydrogen (secondary N) is 1. The standard InChI is InChI=1S/C20H14ClF3N2OS/c1-12(9-13-5-3-2-4-6-13)10-17-18(27)26-19(28-17)25-16-8-7-14(21)11-15(16)20(22,23)24/h2-11H,1H3,(H,25,26,27)/b12-9+,17-10+. The Bertz CT molecular complexity index is 998. The summed E-state index contributed by atoms with van der Waals surface area (Å²) in [5.74, 6) is -0.410. The summed E-state index contributed by atoms with van der Waals surface area (Å²) < 4.78 is 39.6. The Hall–Kier alpha value is -2.51. The number of amidine groups is 1. The highest BCUT2D eigenvalue weighted by atomic mass is 35.5. The third-order valence-corrected chi connectivity index (χ3v) is 4.83. The van der Waals surface area contributed by atoms with Gasteiger partial charge in [-0.2, -0.15) is 13.2 Å². The van der Waals surface area contributed by atoms with E-state index < -0.39 is 17.6 Å². The van der Waals surface area contributed by atoms with Crippen LogP contribution < -0.4 is 5.32 Å². The molecule has 0 spiro atoms. The first kappa shape index (κ1) is 20.2. The molecule has 0 aromatic heterocycles. The number of allylic oxidation sites excluding steroid dienone is 2. The van der Waals surface area contributed by atoms with Gasteiger partial charge in [0.1, 0.15) is 0 Å². The third kappa shape index (κ3) is 5.05. The first-order valence-corrected chi connectivity index (χ1v) is 9.31. The van der Waals surface area contributed by atoms with Gasteiger partial charge in [-0.05, 0) is 54.1 Å². The van der Waals surface area contributed by atoms with E-state index in [1.165, 1.54) is 12.1 Å². The number of thioether (sulfide) groups is 1. The molecule has 28 heavy (non-hydrogen) atoms. The summed E-state index contributed by atoms with van der Waals surface area (Å²) in [5, 5.41) is 2.53. The summed E-state index contributed by atoms with van der Waals surface area (Å²) in [7, 11) is 0. The summed E-state index contributed by atoms with van der Waals surface area (Å²) >= 11 is 6.66. The van der Waals surface area contributed by atoms with E-state index in [1.54, 1.807) is 6.08 Å². The molecule has 1 heterocycles. The van der Waals surface area contributed by atoms with Gasteiger partial charge in [0.25, 0.3) is 5.91 Å². The summed E-state index contributed by atoms with van der Waals surface area (Å²) in [6.07, 6.45) is -1.04. The lowest BCUT2D eigenvalue weighted by atomic mass is 10.1. The van der Waals surface area contributed by atoms with Crippen molar-refractivity contribution >= 4 is 46.2 Å². The van der Waals surface area contributed by atoms with Gasteiger partial charge in [0, 0.05) is 5.02 Å². The molecule has 144 valence electrons. The van der Waals surface area contributed by atoms with Crippen molar-refractivity contribution in [1.82, 2.24) is 5.32 Å². The molecule has 0 aliphatic carbocycles. The van der Waals surface area contributed by atoms with Gasteiger partial charge in [-0.15, -0.1) is 0 Å². The number of nitrogens with zero attached hydrogens (tertiary/aromatic N) is 1. The number of halogens is 4. The molecule has 1 amide bonds. The van der Waals surface area contributed by atoms with Crippen LogP contribution in [0.1, 0.15) is 18.1 Å². The van der Waals surface area contributed by atoms with Crippen molar-refractivity contribution in [3.63, 3.8) is 0 Å². The largest absolute Gasteiger partial charge is 0.418 e. The Labute approximate surface area is 169 Å². The molecule has 1 N–H and O–H groups in total. The Morgan fingerprint density at radius 3 is 2.57 bits per heavy atom. The number of carbonyl (C=O) groups is 1. The van der Waals surface area contributed by atoms with Gasteiger partial charge in [-0.3, -0.25) is 4.79 Å².